The SMILES string of the molecule is COCC#Cc1ccnc(N2CCC(OC3CC(OC)C3)CC2)n1. The van der Waals surface area contributed by atoms with Crippen LogP contribution < -0.4 is 4.90 Å². The van der Waals surface area contributed by atoms with Crippen molar-refractivity contribution in [3.05, 3.63) is 18.0 Å². The number of piperidine rings is 1. The second-order valence-electron chi connectivity index (χ2n) is 6.25. The molecule has 1 aliphatic carbocycles. The number of aromatic nitrogens is 2. The van der Waals surface area contributed by atoms with Gasteiger partial charge >= 0.3 is 0 Å². The molecule has 2 heterocycles. The molecule has 1 aromatic rings. The highest BCUT2D eigenvalue weighted by atomic mass is 16.5. The van der Waals surface area contributed by atoms with Crippen molar-refractivity contribution in [2.75, 3.05) is 38.8 Å². The molecule has 0 aromatic carbocycles. The van der Waals surface area contributed by atoms with E-state index in [4.69, 9.17) is 14.2 Å². The first kappa shape index (κ1) is 17.2. The Labute approximate surface area is 143 Å². The lowest BCUT2D eigenvalue weighted by Crippen LogP contribution is -2.43. The van der Waals surface area contributed by atoms with Crippen molar-refractivity contribution in [2.45, 2.75) is 44.0 Å². The fourth-order valence-electron chi connectivity index (χ4n) is 3.05. The van der Waals surface area contributed by atoms with E-state index in [0.717, 1.165) is 50.4 Å². The highest BCUT2D eigenvalue weighted by Crippen LogP contribution is 2.29. The zero-order chi connectivity index (χ0) is 16.8. The molecule has 3 rings (SSSR count). The third kappa shape index (κ3) is 4.44. The number of rotatable bonds is 5. The largest absolute Gasteiger partial charge is 0.381 e. The van der Waals surface area contributed by atoms with Gasteiger partial charge in [-0.15, -0.1) is 0 Å². The van der Waals surface area contributed by atoms with Gasteiger partial charge in [0.2, 0.25) is 5.95 Å². The van der Waals surface area contributed by atoms with Crippen molar-refractivity contribution in [1.29, 1.82) is 0 Å². The van der Waals surface area contributed by atoms with Crippen LogP contribution in [0.15, 0.2) is 12.3 Å². The van der Waals surface area contributed by atoms with E-state index >= 15 is 0 Å². The van der Waals surface area contributed by atoms with Crippen LogP contribution in [0.5, 0.6) is 0 Å². The van der Waals surface area contributed by atoms with Gasteiger partial charge in [-0.3, -0.25) is 0 Å². The van der Waals surface area contributed by atoms with E-state index in [0.29, 0.717) is 24.9 Å². The molecule has 1 aliphatic heterocycles. The number of anilines is 1. The molecule has 0 bridgehead atoms. The summed E-state index contributed by atoms with van der Waals surface area (Å²) in [5, 5.41) is 0. The van der Waals surface area contributed by atoms with Crippen LogP contribution in [0.25, 0.3) is 0 Å². The lowest BCUT2D eigenvalue weighted by Gasteiger charge is -2.39. The smallest absolute Gasteiger partial charge is 0.226 e. The molecule has 2 aliphatic rings. The molecule has 0 unspecified atom stereocenters. The Balaban J connectivity index is 1.48. The second kappa shape index (κ2) is 8.43. The van der Waals surface area contributed by atoms with Crippen LogP contribution in [0.4, 0.5) is 5.95 Å². The number of nitrogens with zero attached hydrogens (tertiary/aromatic N) is 3. The minimum Gasteiger partial charge on any atom is -0.381 e. The molecule has 24 heavy (non-hydrogen) atoms. The molecule has 0 radical (unpaired) electrons. The number of hydrogen-bond acceptors (Lipinski definition) is 6. The standard InChI is InChI=1S/C18H25N3O3/c1-22-11-3-4-14-5-8-19-18(20-14)21-9-6-15(7-10-21)24-17-12-16(13-17)23-2/h5,8,15-17H,6-7,9-13H2,1-2H3. The van der Waals surface area contributed by atoms with Gasteiger partial charge in [0.25, 0.3) is 0 Å². The van der Waals surface area contributed by atoms with Gasteiger partial charge in [0, 0.05) is 33.5 Å². The highest BCUT2D eigenvalue weighted by Gasteiger charge is 2.33. The molecular weight excluding hydrogens is 306 g/mol. The van der Waals surface area contributed by atoms with E-state index in [1.165, 1.54) is 0 Å². The van der Waals surface area contributed by atoms with Crippen molar-refractivity contribution < 1.29 is 14.2 Å². The summed E-state index contributed by atoms with van der Waals surface area (Å²) in [7, 11) is 3.40. The fourth-order valence-corrected chi connectivity index (χ4v) is 3.05. The van der Waals surface area contributed by atoms with E-state index in [2.05, 4.69) is 26.7 Å². The molecule has 0 spiro atoms. The fraction of sp³-hybridized carbons (Fsp3) is 0.667. The molecule has 6 nitrogen and oxygen atoms in total. The number of ether oxygens (including phenoxy) is 3. The summed E-state index contributed by atoms with van der Waals surface area (Å²) >= 11 is 0. The monoisotopic (exact) mass is 331 g/mol. The van der Waals surface area contributed by atoms with Gasteiger partial charge in [-0.05, 0) is 37.7 Å². The van der Waals surface area contributed by atoms with Crippen LogP contribution in [0.1, 0.15) is 31.4 Å². The third-order valence-electron chi connectivity index (χ3n) is 4.57. The zero-order valence-corrected chi connectivity index (χ0v) is 14.4. The molecule has 2 fully saturated rings. The average molecular weight is 331 g/mol. The summed E-state index contributed by atoms with van der Waals surface area (Å²) in [5.41, 5.74) is 0.732. The van der Waals surface area contributed by atoms with Crippen LogP contribution in [-0.2, 0) is 14.2 Å². The number of methoxy groups -OCH3 is 2. The van der Waals surface area contributed by atoms with Crippen molar-refractivity contribution in [2.24, 2.45) is 0 Å². The van der Waals surface area contributed by atoms with Gasteiger partial charge in [-0.2, -0.15) is 0 Å². The lowest BCUT2D eigenvalue weighted by molar-refractivity contribution is -0.119. The normalized spacial score (nSPS) is 24.2. The van der Waals surface area contributed by atoms with Gasteiger partial charge in [0.05, 0.1) is 18.3 Å². The average Bonchev–Trinajstić information content (AvgIpc) is 2.59. The summed E-state index contributed by atoms with van der Waals surface area (Å²) in [4.78, 5) is 11.1. The van der Waals surface area contributed by atoms with E-state index in [1.54, 1.807) is 20.4 Å². The third-order valence-corrected chi connectivity index (χ3v) is 4.57. The molecule has 6 heteroatoms. The molecular formula is C18H25N3O3. The summed E-state index contributed by atoms with van der Waals surface area (Å²) in [6.45, 7) is 2.24. The maximum Gasteiger partial charge on any atom is 0.226 e. The van der Waals surface area contributed by atoms with E-state index in [1.807, 2.05) is 6.07 Å². The van der Waals surface area contributed by atoms with Crippen LogP contribution in [-0.4, -0.2) is 62.2 Å². The van der Waals surface area contributed by atoms with Crippen LogP contribution in [0, 0.1) is 11.8 Å². The lowest BCUT2D eigenvalue weighted by atomic mass is 9.91. The second-order valence-corrected chi connectivity index (χ2v) is 6.25. The van der Waals surface area contributed by atoms with Gasteiger partial charge < -0.3 is 19.1 Å². The van der Waals surface area contributed by atoms with Crippen molar-refractivity contribution >= 4 is 5.95 Å². The van der Waals surface area contributed by atoms with Crippen molar-refractivity contribution in [1.82, 2.24) is 9.97 Å². The quantitative estimate of drug-likeness (QED) is 0.765. The first-order valence-corrected chi connectivity index (χ1v) is 8.52. The van der Waals surface area contributed by atoms with Gasteiger partial charge in [-0.1, -0.05) is 5.92 Å². The summed E-state index contributed by atoms with van der Waals surface area (Å²) in [5.74, 6) is 6.67. The number of hydrogen-bond donors (Lipinski definition) is 0. The predicted octanol–water partition coefficient (Wildman–Crippen LogP) is 1.64. The topological polar surface area (TPSA) is 56.7 Å². The maximum absolute atomic E-state index is 6.15. The molecule has 0 amide bonds. The summed E-state index contributed by atoms with van der Waals surface area (Å²) in [6.07, 6.45) is 6.96. The minimum absolute atomic E-state index is 0.341. The van der Waals surface area contributed by atoms with Crippen LogP contribution in [0.3, 0.4) is 0 Å². The van der Waals surface area contributed by atoms with Gasteiger partial charge in [0.1, 0.15) is 12.3 Å². The predicted molar refractivity (Wildman–Crippen MR) is 90.9 cm³/mol. The molecule has 0 N–H and O–H groups in total. The summed E-state index contributed by atoms with van der Waals surface area (Å²) < 4.78 is 16.4. The van der Waals surface area contributed by atoms with Crippen LogP contribution >= 0.6 is 0 Å². The van der Waals surface area contributed by atoms with E-state index < -0.39 is 0 Å². The Morgan fingerprint density at radius 3 is 2.67 bits per heavy atom. The first-order chi connectivity index (χ1) is 11.8. The van der Waals surface area contributed by atoms with Gasteiger partial charge in [-0.25, -0.2) is 9.97 Å². The molecule has 1 aromatic heterocycles. The van der Waals surface area contributed by atoms with Crippen LogP contribution in [0.2, 0.25) is 0 Å². The molecule has 0 atom stereocenters. The Morgan fingerprint density at radius 1 is 1.17 bits per heavy atom. The highest BCUT2D eigenvalue weighted by molar-refractivity contribution is 5.36. The van der Waals surface area contributed by atoms with Crippen molar-refractivity contribution in [3.8, 4) is 11.8 Å². The Bertz CT molecular complexity index is 585. The molecule has 1 saturated carbocycles. The molecule has 130 valence electrons. The Hall–Kier alpha value is -1.68. The van der Waals surface area contributed by atoms with E-state index in [9.17, 15) is 0 Å². The van der Waals surface area contributed by atoms with Crippen molar-refractivity contribution in [3.63, 3.8) is 0 Å². The van der Waals surface area contributed by atoms with Gasteiger partial charge in [0.15, 0.2) is 0 Å². The maximum atomic E-state index is 6.15. The van der Waals surface area contributed by atoms with E-state index in [-0.39, 0.29) is 0 Å². The minimum atomic E-state index is 0.341. The molecule has 1 saturated heterocycles. The first-order valence-electron chi connectivity index (χ1n) is 8.52. The zero-order valence-electron chi connectivity index (χ0n) is 14.4. The summed E-state index contributed by atoms with van der Waals surface area (Å²) in [6, 6.07) is 1.82. The Kier molecular flexibility index (Phi) is 6.02. The Morgan fingerprint density at radius 2 is 1.96 bits per heavy atom.